The average molecular weight is 488 g/mol. The summed E-state index contributed by atoms with van der Waals surface area (Å²) >= 11 is 0.907. The number of hydrogen-bond donors (Lipinski definition) is 4. The number of carboxylic acids is 2. The fourth-order valence-corrected chi connectivity index (χ4v) is 4.89. The summed E-state index contributed by atoms with van der Waals surface area (Å²) in [5, 5.41) is 23.1. The maximum Gasteiger partial charge on any atom is 0.394 e. The normalized spacial score (nSPS) is 18.6. The number of anilines is 1. The molecule has 178 valence electrons. The highest BCUT2D eigenvalue weighted by Gasteiger charge is 2.33. The summed E-state index contributed by atoms with van der Waals surface area (Å²) in [4.78, 5) is 47.2. The van der Waals surface area contributed by atoms with E-state index >= 15 is 0 Å². The molecule has 4 rings (SSSR count). The minimum absolute atomic E-state index is 0.00176. The van der Waals surface area contributed by atoms with E-state index in [2.05, 4.69) is 10.6 Å². The molecule has 2 aromatic rings. The predicted molar refractivity (Wildman–Crippen MR) is 117 cm³/mol. The van der Waals surface area contributed by atoms with Crippen LogP contribution in [0.2, 0.25) is 0 Å². The zero-order chi connectivity index (χ0) is 24.2. The van der Waals surface area contributed by atoms with Gasteiger partial charge in [-0.3, -0.25) is 9.59 Å². The van der Waals surface area contributed by atoms with Gasteiger partial charge < -0.3 is 35.1 Å². The number of aliphatic carboxylic acids is 1. The first-order chi connectivity index (χ1) is 16.3. The number of fused-ring (bicyclic) bond motifs is 1. The highest BCUT2D eigenvalue weighted by Crippen LogP contribution is 2.41. The minimum atomic E-state index is -1.74. The maximum atomic E-state index is 12.5. The van der Waals surface area contributed by atoms with Crippen molar-refractivity contribution in [1.82, 2.24) is 5.32 Å². The Hall–Kier alpha value is -3.90. The lowest BCUT2D eigenvalue weighted by atomic mass is 10.0. The van der Waals surface area contributed by atoms with Crippen LogP contribution in [0.1, 0.15) is 32.5 Å². The molecule has 12 heteroatoms. The lowest BCUT2D eigenvalue weighted by Crippen LogP contribution is -2.33. The van der Waals surface area contributed by atoms with Gasteiger partial charge >= 0.3 is 17.8 Å². The molecule has 1 aromatic carbocycles. The molecule has 4 N–H and O–H groups in total. The molecule has 0 saturated heterocycles. The zero-order valence-electron chi connectivity index (χ0n) is 17.6. The molecule has 3 heterocycles. The number of rotatable bonds is 7. The van der Waals surface area contributed by atoms with Crippen LogP contribution in [0, 0.1) is 0 Å². The van der Waals surface area contributed by atoms with Crippen LogP contribution < -0.4 is 10.6 Å². The van der Waals surface area contributed by atoms with Crippen molar-refractivity contribution in [3.8, 4) is 0 Å². The van der Waals surface area contributed by atoms with E-state index in [-0.39, 0.29) is 35.9 Å². The third-order valence-corrected chi connectivity index (χ3v) is 6.38. The predicted octanol–water partition coefficient (Wildman–Crippen LogP) is 1.66. The molecule has 0 fully saturated rings. The van der Waals surface area contributed by atoms with Crippen molar-refractivity contribution in [2.24, 2.45) is 0 Å². The SMILES string of the molecule is O=C(O)C(=O)Nc1sc2c(c1C(=O)O)CCOC2CNC(=O)C1=COC(Cc2ccccc2)O1. The van der Waals surface area contributed by atoms with Crippen molar-refractivity contribution >= 4 is 40.1 Å². The van der Waals surface area contributed by atoms with Crippen LogP contribution >= 0.6 is 11.3 Å². The Kier molecular flexibility index (Phi) is 6.80. The van der Waals surface area contributed by atoms with Crippen LogP contribution in [-0.4, -0.2) is 53.4 Å². The lowest BCUT2D eigenvalue weighted by Gasteiger charge is -2.23. The number of hydrogen-bond acceptors (Lipinski definition) is 8. The van der Waals surface area contributed by atoms with E-state index < -0.39 is 36.1 Å². The van der Waals surface area contributed by atoms with Gasteiger partial charge in [-0.05, 0) is 17.5 Å². The van der Waals surface area contributed by atoms with Crippen LogP contribution in [0.4, 0.5) is 5.00 Å². The van der Waals surface area contributed by atoms with Gasteiger partial charge in [0, 0.05) is 17.8 Å². The van der Waals surface area contributed by atoms with Gasteiger partial charge in [-0.15, -0.1) is 11.3 Å². The fourth-order valence-electron chi connectivity index (χ4n) is 3.60. The molecule has 34 heavy (non-hydrogen) atoms. The summed E-state index contributed by atoms with van der Waals surface area (Å²) in [5.74, 6) is -4.90. The molecule has 11 nitrogen and oxygen atoms in total. The number of ether oxygens (including phenoxy) is 3. The Bertz CT molecular complexity index is 1160. The average Bonchev–Trinajstić information content (AvgIpc) is 3.42. The molecule has 2 aliphatic heterocycles. The second-order valence-electron chi connectivity index (χ2n) is 7.39. The number of thiophene rings is 1. The van der Waals surface area contributed by atoms with E-state index in [1.54, 1.807) is 0 Å². The first kappa shape index (κ1) is 23.3. The summed E-state index contributed by atoms with van der Waals surface area (Å²) in [6, 6.07) is 9.52. The molecule has 0 saturated carbocycles. The Morgan fingerprint density at radius 3 is 2.59 bits per heavy atom. The molecular weight excluding hydrogens is 468 g/mol. The Morgan fingerprint density at radius 1 is 1.12 bits per heavy atom. The molecule has 2 unspecified atom stereocenters. The van der Waals surface area contributed by atoms with Gasteiger partial charge in [0.1, 0.15) is 17.4 Å². The molecule has 0 bridgehead atoms. The molecule has 0 spiro atoms. The van der Waals surface area contributed by atoms with E-state index in [0.717, 1.165) is 16.9 Å². The number of amides is 2. The monoisotopic (exact) mass is 488 g/mol. The van der Waals surface area contributed by atoms with Gasteiger partial charge in [0.05, 0.1) is 12.2 Å². The second-order valence-corrected chi connectivity index (χ2v) is 8.44. The first-order valence-electron chi connectivity index (χ1n) is 10.2. The summed E-state index contributed by atoms with van der Waals surface area (Å²) < 4.78 is 16.7. The van der Waals surface area contributed by atoms with E-state index in [1.807, 2.05) is 30.3 Å². The van der Waals surface area contributed by atoms with Gasteiger partial charge in [-0.1, -0.05) is 30.3 Å². The highest BCUT2D eigenvalue weighted by molar-refractivity contribution is 7.17. The van der Waals surface area contributed by atoms with E-state index in [1.165, 1.54) is 6.26 Å². The standard InChI is InChI=1S/C22H20N2O9S/c25-18(14-10-32-15(33-14)8-11-4-2-1-3-5-11)23-9-13-17-12(6-7-31-13)16(21(27)28)20(34-17)24-19(26)22(29)30/h1-5,10,13,15H,6-9H2,(H,23,25)(H,24,26)(H,27,28)(H,29,30). The van der Waals surface area contributed by atoms with Crippen molar-refractivity contribution in [3.05, 3.63) is 63.9 Å². The number of carbonyl (C=O) groups is 4. The number of benzene rings is 1. The number of nitrogens with one attached hydrogen (secondary N) is 2. The molecular formula is C22H20N2O9S. The maximum absolute atomic E-state index is 12.5. The quantitative estimate of drug-likeness (QED) is 0.425. The summed E-state index contributed by atoms with van der Waals surface area (Å²) in [5.41, 5.74) is 1.25. The van der Waals surface area contributed by atoms with Crippen molar-refractivity contribution in [2.75, 3.05) is 18.5 Å². The second kappa shape index (κ2) is 9.93. The first-order valence-corrected chi connectivity index (χ1v) is 11.0. The molecule has 2 atom stereocenters. The summed E-state index contributed by atoms with van der Waals surface area (Å²) in [7, 11) is 0. The number of carboxylic acid groups (broad SMARTS) is 2. The number of carbonyl (C=O) groups excluding carboxylic acids is 2. The molecule has 0 radical (unpaired) electrons. The summed E-state index contributed by atoms with van der Waals surface area (Å²) in [6.45, 7) is 0.195. The van der Waals surface area contributed by atoms with Crippen molar-refractivity contribution in [1.29, 1.82) is 0 Å². The van der Waals surface area contributed by atoms with Crippen LogP contribution in [-0.2, 0) is 41.4 Å². The smallest absolute Gasteiger partial charge is 0.394 e. The van der Waals surface area contributed by atoms with E-state index in [4.69, 9.17) is 19.3 Å². The Morgan fingerprint density at radius 2 is 1.88 bits per heavy atom. The largest absolute Gasteiger partial charge is 0.478 e. The van der Waals surface area contributed by atoms with Gasteiger partial charge in [-0.25, -0.2) is 9.59 Å². The molecule has 2 aliphatic rings. The van der Waals surface area contributed by atoms with Gasteiger partial charge in [-0.2, -0.15) is 0 Å². The molecule has 0 aliphatic carbocycles. The van der Waals surface area contributed by atoms with Crippen LogP contribution in [0.5, 0.6) is 0 Å². The van der Waals surface area contributed by atoms with E-state index in [9.17, 15) is 24.3 Å². The van der Waals surface area contributed by atoms with Crippen LogP contribution in [0.3, 0.4) is 0 Å². The van der Waals surface area contributed by atoms with Gasteiger partial charge in [0.15, 0.2) is 0 Å². The van der Waals surface area contributed by atoms with Crippen LogP contribution in [0.25, 0.3) is 0 Å². The van der Waals surface area contributed by atoms with Crippen molar-refractivity contribution in [2.45, 2.75) is 25.2 Å². The minimum Gasteiger partial charge on any atom is -0.478 e. The Labute approximate surface area is 196 Å². The van der Waals surface area contributed by atoms with Crippen molar-refractivity contribution in [3.63, 3.8) is 0 Å². The van der Waals surface area contributed by atoms with E-state index in [0.29, 0.717) is 16.9 Å². The number of aromatic carboxylic acids is 1. The highest BCUT2D eigenvalue weighted by atomic mass is 32.1. The third kappa shape index (κ3) is 5.02. The molecule has 1 aromatic heterocycles. The van der Waals surface area contributed by atoms with Gasteiger partial charge in [0.2, 0.25) is 12.0 Å². The van der Waals surface area contributed by atoms with Crippen LogP contribution in [0.15, 0.2) is 42.4 Å². The summed E-state index contributed by atoms with van der Waals surface area (Å²) in [6.07, 6.45) is 0.653. The topological polar surface area (TPSA) is 160 Å². The third-order valence-electron chi connectivity index (χ3n) is 5.14. The Balaban J connectivity index is 1.40. The molecule has 2 amide bonds. The van der Waals surface area contributed by atoms with Gasteiger partial charge in [0.25, 0.3) is 5.91 Å². The fraction of sp³-hybridized carbons (Fsp3) is 0.273. The zero-order valence-corrected chi connectivity index (χ0v) is 18.4. The van der Waals surface area contributed by atoms with Crippen molar-refractivity contribution < 1.29 is 43.6 Å². The lowest BCUT2D eigenvalue weighted by molar-refractivity contribution is -0.147.